The highest BCUT2D eigenvalue weighted by Crippen LogP contribution is 2.30. The first-order valence-corrected chi connectivity index (χ1v) is 8.71. The lowest BCUT2D eigenvalue weighted by Crippen LogP contribution is -2.19. The molecular formula is C18H19FN2OS. The maximum absolute atomic E-state index is 13.5. The van der Waals surface area contributed by atoms with Crippen LogP contribution in [0.3, 0.4) is 0 Å². The van der Waals surface area contributed by atoms with Crippen LogP contribution < -0.4 is 10.2 Å². The molecule has 1 aliphatic heterocycles. The van der Waals surface area contributed by atoms with Crippen molar-refractivity contribution in [3.63, 3.8) is 0 Å². The van der Waals surface area contributed by atoms with Gasteiger partial charge in [0.25, 0.3) is 0 Å². The van der Waals surface area contributed by atoms with Gasteiger partial charge in [0.1, 0.15) is 5.82 Å². The smallest absolute Gasteiger partial charge is 0.234 e. The number of nitrogens with zero attached hydrogens (tertiary/aromatic N) is 1. The summed E-state index contributed by atoms with van der Waals surface area (Å²) in [5, 5.41) is 2.90. The molecule has 1 amide bonds. The van der Waals surface area contributed by atoms with Gasteiger partial charge in [0.05, 0.1) is 5.75 Å². The summed E-state index contributed by atoms with van der Waals surface area (Å²) < 4.78 is 13.5. The average molecular weight is 330 g/mol. The van der Waals surface area contributed by atoms with Crippen LogP contribution in [0.5, 0.6) is 0 Å². The number of nitrogens with one attached hydrogen (secondary N) is 1. The van der Waals surface area contributed by atoms with E-state index in [9.17, 15) is 9.18 Å². The molecule has 0 aromatic heterocycles. The largest absolute Gasteiger partial charge is 0.371 e. The molecule has 120 valence electrons. The Hall–Kier alpha value is -2.01. The van der Waals surface area contributed by atoms with Gasteiger partial charge in [-0.2, -0.15) is 0 Å². The number of thioether (sulfide) groups is 1. The minimum absolute atomic E-state index is 0.126. The number of anilines is 2. The molecule has 0 fully saturated rings. The number of likely N-dealkylation sites (N-methyl/N-ethyl adjacent to an activating group) is 1. The Bertz CT molecular complexity index is 720. The SMILES string of the molecule is CCN1CCc2ccc(NC(=O)CSc3ccccc3F)cc21. The van der Waals surface area contributed by atoms with Gasteiger partial charge in [-0.1, -0.05) is 18.2 Å². The lowest BCUT2D eigenvalue weighted by Gasteiger charge is -2.17. The third kappa shape index (κ3) is 3.67. The van der Waals surface area contributed by atoms with Crippen molar-refractivity contribution in [1.82, 2.24) is 0 Å². The number of halogens is 1. The zero-order valence-corrected chi connectivity index (χ0v) is 13.8. The van der Waals surface area contributed by atoms with Crippen LogP contribution in [0.15, 0.2) is 47.4 Å². The summed E-state index contributed by atoms with van der Waals surface area (Å²) in [5.41, 5.74) is 3.32. The van der Waals surface area contributed by atoms with Crippen molar-refractivity contribution in [3.8, 4) is 0 Å². The molecule has 0 bridgehead atoms. The van der Waals surface area contributed by atoms with Gasteiger partial charge in [-0.05, 0) is 43.2 Å². The number of carbonyl (C=O) groups is 1. The van der Waals surface area contributed by atoms with E-state index in [0.717, 1.165) is 25.2 Å². The summed E-state index contributed by atoms with van der Waals surface area (Å²) in [7, 11) is 0. The summed E-state index contributed by atoms with van der Waals surface area (Å²) in [5.74, 6) is -0.226. The van der Waals surface area contributed by atoms with Crippen LogP contribution in [0.2, 0.25) is 0 Å². The Morgan fingerprint density at radius 2 is 2.13 bits per heavy atom. The van der Waals surface area contributed by atoms with Gasteiger partial charge < -0.3 is 10.2 Å². The first-order chi connectivity index (χ1) is 11.2. The molecule has 23 heavy (non-hydrogen) atoms. The van der Waals surface area contributed by atoms with E-state index in [1.165, 1.54) is 29.1 Å². The van der Waals surface area contributed by atoms with Gasteiger partial charge in [0.2, 0.25) is 5.91 Å². The summed E-state index contributed by atoms with van der Waals surface area (Å²) in [6.07, 6.45) is 1.06. The second-order valence-corrected chi connectivity index (χ2v) is 6.46. The van der Waals surface area contributed by atoms with E-state index < -0.39 is 0 Å². The quantitative estimate of drug-likeness (QED) is 0.843. The molecule has 0 spiro atoms. The number of carbonyl (C=O) groups excluding carboxylic acids is 1. The fourth-order valence-corrected chi connectivity index (χ4v) is 3.49. The van der Waals surface area contributed by atoms with E-state index >= 15 is 0 Å². The number of hydrogen-bond acceptors (Lipinski definition) is 3. The second kappa shape index (κ2) is 7.04. The van der Waals surface area contributed by atoms with Crippen molar-refractivity contribution in [2.24, 2.45) is 0 Å². The molecule has 1 aliphatic rings. The van der Waals surface area contributed by atoms with Gasteiger partial charge in [-0.15, -0.1) is 11.8 Å². The molecule has 2 aromatic carbocycles. The van der Waals surface area contributed by atoms with Crippen molar-refractivity contribution < 1.29 is 9.18 Å². The van der Waals surface area contributed by atoms with Gasteiger partial charge in [-0.3, -0.25) is 4.79 Å². The Morgan fingerprint density at radius 1 is 1.30 bits per heavy atom. The van der Waals surface area contributed by atoms with Crippen LogP contribution in [-0.4, -0.2) is 24.7 Å². The second-order valence-electron chi connectivity index (χ2n) is 5.44. The number of benzene rings is 2. The molecule has 0 unspecified atom stereocenters. The van der Waals surface area contributed by atoms with E-state index in [1.54, 1.807) is 18.2 Å². The third-order valence-electron chi connectivity index (χ3n) is 3.94. The van der Waals surface area contributed by atoms with Crippen LogP contribution in [0.25, 0.3) is 0 Å². The summed E-state index contributed by atoms with van der Waals surface area (Å²) in [6, 6.07) is 12.5. The molecule has 0 aliphatic carbocycles. The number of fused-ring (bicyclic) bond motifs is 1. The fourth-order valence-electron chi connectivity index (χ4n) is 2.75. The molecule has 3 rings (SSSR count). The first-order valence-electron chi connectivity index (χ1n) is 7.72. The molecular weight excluding hydrogens is 311 g/mol. The maximum atomic E-state index is 13.5. The molecule has 0 radical (unpaired) electrons. The van der Waals surface area contributed by atoms with E-state index in [1.807, 2.05) is 12.1 Å². The van der Waals surface area contributed by atoms with Crippen molar-refractivity contribution in [2.45, 2.75) is 18.2 Å². The van der Waals surface area contributed by atoms with Crippen molar-refractivity contribution >= 4 is 29.0 Å². The zero-order chi connectivity index (χ0) is 16.2. The predicted molar refractivity (Wildman–Crippen MR) is 93.8 cm³/mol. The van der Waals surface area contributed by atoms with Crippen LogP contribution in [-0.2, 0) is 11.2 Å². The van der Waals surface area contributed by atoms with Gasteiger partial charge in [-0.25, -0.2) is 4.39 Å². The van der Waals surface area contributed by atoms with Crippen LogP contribution >= 0.6 is 11.8 Å². The van der Waals surface area contributed by atoms with Crippen molar-refractivity contribution in [1.29, 1.82) is 0 Å². The van der Waals surface area contributed by atoms with E-state index in [0.29, 0.717) is 4.90 Å². The minimum Gasteiger partial charge on any atom is -0.371 e. The van der Waals surface area contributed by atoms with Crippen LogP contribution in [0, 0.1) is 5.82 Å². The minimum atomic E-state index is -0.290. The number of hydrogen-bond donors (Lipinski definition) is 1. The predicted octanol–water partition coefficient (Wildman–Crippen LogP) is 3.94. The molecule has 3 nitrogen and oxygen atoms in total. The highest BCUT2D eigenvalue weighted by atomic mass is 32.2. The third-order valence-corrected chi connectivity index (χ3v) is 4.99. The van der Waals surface area contributed by atoms with Crippen LogP contribution in [0.1, 0.15) is 12.5 Å². The standard InChI is InChI=1S/C18H19FN2OS/c1-2-21-10-9-13-7-8-14(11-16(13)21)20-18(22)12-23-17-6-4-3-5-15(17)19/h3-8,11H,2,9-10,12H2,1H3,(H,20,22). The van der Waals surface area contributed by atoms with Gasteiger partial charge in [0, 0.05) is 29.4 Å². The Labute approximate surface area is 139 Å². The van der Waals surface area contributed by atoms with Crippen molar-refractivity contribution in [2.75, 3.05) is 29.1 Å². The zero-order valence-electron chi connectivity index (χ0n) is 13.0. The van der Waals surface area contributed by atoms with Crippen LogP contribution in [0.4, 0.5) is 15.8 Å². The first kappa shape index (κ1) is 15.9. The molecule has 2 aromatic rings. The van der Waals surface area contributed by atoms with E-state index in [-0.39, 0.29) is 17.5 Å². The topological polar surface area (TPSA) is 32.3 Å². The molecule has 0 saturated carbocycles. The Kier molecular flexibility index (Phi) is 4.86. The summed E-state index contributed by atoms with van der Waals surface area (Å²) in [4.78, 5) is 14.9. The van der Waals surface area contributed by atoms with Crippen molar-refractivity contribution in [3.05, 3.63) is 53.8 Å². The lowest BCUT2D eigenvalue weighted by molar-refractivity contribution is -0.113. The normalized spacial score (nSPS) is 13.0. The average Bonchev–Trinajstić information content (AvgIpc) is 2.96. The summed E-state index contributed by atoms with van der Waals surface area (Å²) in [6.45, 7) is 4.13. The van der Waals surface area contributed by atoms with E-state index in [2.05, 4.69) is 23.2 Å². The fraction of sp³-hybridized carbons (Fsp3) is 0.278. The van der Waals surface area contributed by atoms with E-state index in [4.69, 9.17) is 0 Å². The molecule has 0 atom stereocenters. The molecule has 1 N–H and O–H groups in total. The molecule has 1 heterocycles. The molecule has 5 heteroatoms. The van der Waals surface area contributed by atoms with Gasteiger partial charge in [0.15, 0.2) is 0 Å². The Balaban J connectivity index is 1.61. The lowest BCUT2D eigenvalue weighted by atomic mass is 10.1. The molecule has 0 saturated heterocycles. The van der Waals surface area contributed by atoms with Gasteiger partial charge >= 0.3 is 0 Å². The number of rotatable bonds is 5. The number of amides is 1. The highest BCUT2D eigenvalue weighted by Gasteiger charge is 2.18. The monoisotopic (exact) mass is 330 g/mol. The highest BCUT2D eigenvalue weighted by molar-refractivity contribution is 8.00. The Morgan fingerprint density at radius 3 is 2.91 bits per heavy atom. The maximum Gasteiger partial charge on any atom is 0.234 e. The summed E-state index contributed by atoms with van der Waals surface area (Å²) >= 11 is 1.21.